The lowest BCUT2D eigenvalue weighted by Gasteiger charge is -2.02. The number of hydrogen-bond donors (Lipinski definition) is 1. The van der Waals surface area contributed by atoms with E-state index in [2.05, 4.69) is 0 Å². The lowest BCUT2D eigenvalue weighted by Crippen LogP contribution is -2.03. The van der Waals surface area contributed by atoms with Crippen LogP contribution in [0.1, 0.15) is 5.56 Å². The molecule has 0 spiro atoms. The highest BCUT2D eigenvalue weighted by Gasteiger charge is 2.08. The van der Waals surface area contributed by atoms with Crippen LogP contribution in [0.2, 0.25) is 0 Å². The summed E-state index contributed by atoms with van der Waals surface area (Å²) in [5.74, 6) is 0.634. The second kappa shape index (κ2) is 6.49. The third-order valence-electron chi connectivity index (χ3n) is 2.31. The van der Waals surface area contributed by atoms with Gasteiger partial charge in [0.25, 0.3) is 0 Å². The van der Waals surface area contributed by atoms with Crippen molar-refractivity contribution in [3.63, 3.8) is 0 Å². The number of nitrogens with two attached hydrogens (primary N) is 1. The quantitative estimate of drug-likeness (QED) is 0.650. The summed E-state index contributed by atoms with van der Waals surface area (Å²) in [5.41, 5.74) is 5.96. The van der Waals surface area contributed by atoms with E-state index in [9.17, 15) is 0 Å². The van der Waals surface area contributed by atoms with Crippen molar-refractivity contribution in [1.29, 1.82) is 15.8 Å². The second-order valence-electron chi connectivity index (χ2n) is 3.46. The first-order valence-corrected chi connectivity index (χ1v) is 5.22. The molecular formula is C14H10N4O. The number of nitrogens with zero attached hydrogens (tertiary/aromatic N) is 3. The van der Waals surface area contributed by atoms with Crippen molar-refractivity contribution >= 4 is 6.08 Å². The number of nitriles is 3. The SMILES string of the molecule is COc1cccc(C=C(C#N)C(N)=C(C#N)C#N)c1. The summed E-state index contributed by atoms with van der Waals surface area (Å²) in [6.45, 7) is 0. The third-order valence-corrected chi connectivity index (χ3v) is 2.31. The van der Waals surface area contributed by atoms with Crippen LogP contribution in [0.5, 0.6) is 5.75 Å². The Kier molecular flexibility index (Phi) is 4.73. The fourth-order valence-corrected chi connectivity index (χ4v) is 1.35. The van der Waals surface area contributed by atoms with Crippen LogP contribution in [0.15, 0.2) is 41.1 Å². The molecule has 0 aliphatic rings. The fraction of sp³-hybridized carbons (Fsp3) is 0.0714. The van der Waals surface area contributed by atoms with Crippen molar-refractivity contribution in [3.8, 4) is 24.0 Å². The van der Waals surface area contributed by atoms with Gasteiger partial charge in [0.05, 0.1) is 18.4 Å². The predicted molar refractivity (Wildman–Crippen MR) is 69.0 cm³/mol. The smallest absolute Gasteiger partial charge is 0.153 e. The number of allylic oxidation sites excluding steroid dienone is 2. The Morgan fingerprint density at radius 3 is 2.42 bits per heavy atom. The number of methoxy groups -OCH3 is 1. The Bertz CT molecular complexity index is 650. The van der Waals surface area contributed by atoms with E-state index in [1.54, 1.807) is 36.4 Å². The van der Waals surface area contributed by atoms with Crippen LogP contribution < -0.4 is 10.5 Å². The zero-order valence-electron chi connectivity index (χ0n) is 10.2. The van der Waals surface area contributed by atoms with Crippen LogP contribution in [0, 0.1) is 34.0 Å². The van der Waals surface area contributed by atoms with Crippen molar-refractivity contribution < 1.29 is 4.74 Å². The van der Waals surface area contributed by atoms with Crippen molar-refractivity contribution in [1.82, 2.24) is 0 Å². The first kappa shape index (κ1) is 13.8. The molecule has 0 radical (unpaired) electrons. The predicted octanol–water partition coefficient (Wildman–Crippen LogP) is 1.86. The molecule has 0 heterocycles. The monoisotopic (exact) mass is 250 g/mol. The summed E-state index contributed by atoms with van der Waals surface area (Å²) in [5, 5.41) is 26.5. The fourth-order valence-electron chi connectivity index (χ4n) is 1.35. The van der Waals surface area contributed by atoms with Gasteiger partial charge in [0, 0.05) is 0 Å². The Morgan fingerprint density at radius 2 is 1.89 bits per heavy atom. The van der Waals surface area contributed by atoms with Crippen LogP contribution in [0.25, 0.3) is 6.08 Å². The highest BCUT2D eigenvalue weighted by Crippen LogP contribution is 2.17. The zero-order valence-corrected chi connectivity index (χ0v) is 10.2. The van der Waals surface area contributed by atoms with Crippen molar-refractivity contribution in [2.75, 3.05) is 7.11 Å². The molecule has 5 nitrogen and oxygen atoms in total. The van der Waals surface area contributed by atoms with E-state index in [0.29, 0.717) is 11.3 Å². The molecule has 19 heavy (non-hydrogen) atoms. The van der Waals surface area contributed by atoms with Crippen LogP contribution in [0.3, 0.4) is 0 Å². The number of rotatable bonds is 3. The molecule has 0 aliphatic carbocycles. The van der Waals surface area contributed by atoms with Gasteiger partial charge >= 0.3 is 0 Å². The molecule has 1 aromatic rings. The van der Waals surface area contributed by atoms with Gasteiger partial charge in [-0.15, -0.1) is 0 Å². The first-order valence-electron chi connectivity index (χ1n) is 5.22. The van der Waals surface area contributed by atoms with Crippen LogP contribution in [-0.2, 0) is 0 Å². The zero-order chi connectivity index (χ0) is 14.3. The summed E-state index contributed by atoms with van der Waals surface area (Å²) >= 11 is 0. The summed E-state index contributed by atoms with van der Waals surface area (Å²) in [4.78, 5) is 0. The number of benzene rings is 1. The molecule has 0 fully saturated rings. The van der Waals surface area contributed by atoms with E-state index < -0.39 is 0 Å². The lowest BCUT2D eigenvalue weighted by atomic mass is 10.1. The number of hydrogen-bond acceptors (Lipinski definition) is 5. The normalized spacial score (nSPS) is 9.68. The van der Waals surface area contributed by atoms with Gasteiger partial charge in [-0.1, -0.05) is 12.1 Å². The molecular weight excluding hydrogens is 240 g/mol. The molecule has 2 N–H and O–H groups in total. The average Bonchev–Trinajstić information content (AvgIpc) is 2.46. The second-order valence-corrected chi connectivity index (χ2v) is 3.46. The highest BCUT2D eigenvalue weighted by atomic mass is 16.5. The molecule has 0 saturated heterocycles. The largest absolute Gasteiger partial charge is 0.497 e. The molecule has 5 heteroatoms. The van der Waals surface area contributed by atoms with Gasteiger partial charge in [-0.05, 0) is 23.8 Å². The van der Waals surface area contributed by atoms with Gasteiger partial charge in [0.2, 0.25) is 0 Å². The van der Waals surface area contributed by atoms with Gasteiger partial charge in [0.1, 0.15) is 24.0 Å². The topological polar surface area (TPSA) is 107 Å². The van der Waals surface area contributed by atoms with E-state index >= 15 is 0 Å². The Hall–Kier alpha value is -3.23. The van der Waals surface area contributed by atoms with E-state index in [1.165, 1.54) is 13.2 Å². The molecule has 0 aromatic heterocycles. The van der Waals surface area contributed by atoms with E-state index in [4.69, 9.17) is 26.3 Å². The third kappa shape index (κ3) is 3.36. The molecule has 1 rings (SSSR count). The Balaban J connectivity index is 3.29. The minimum atomic E-state index is -0.282. The number of ether oxygens (including phenoxy) is 1. The molecule has 0 aliphatic heterocycles. The lowest BCUT2D eigenvalue weighted by molar-refractivity contribution is 0.414. The first-order chi connectivity index (χ1) is 9.15. The van der Waals surface area contributed by atoms with Crippen molar-refractivity contribution in [2.24, 2.45) is 5.73 Å². The standard InChI is InChI=1S/C14H10N4O/c1-19-13-4-2-3-10(6-13)5-11(7-15)14(18)12(8-16)9-17/h2-6H,18H2,1H3. The molecule has 0 atom stereocenters. The summed E-state index contributed by atoms with van der Waals surface area (Å²) in [6, 6.07) is 12.2. The van der Waals surface area contributed by atoms with E-state index in [-0.39, 0.29) is 16.8 Å². The molecule has 1 aromatic carbocycles. The van der Waals surface area contributed by atoms with Gasteiger partial charge in [-0.2, -0.15) is 15.8 Å². The summed E-state index contributed by atoms with van der Waals surface area (Å²) in [6.07, 6.45) is 1.49. The molecule has 0 saturated carbocycles. The van der Waals surface area contributed by atoms with Gasteiger partial charge < -0.3 is 10.5 Å². The van der Waals surface area contributed by atoms with Crippen LogP contribution in [-0.4, -0.2) is 7.11 Å². The summed E-state index contributed by atoms with van der Waals surface area (Å²) < 4.78 is 5.06. The Morgan fingerprint density at radius 1 is 1.21 bits per heavy atom. The van der Waals surface area contributed by atoms with Gasteiger partial charge in [-0.25, -0.2) is 0 Å². The van der Waals surface area contributed by atoms with Crippen LogP contribution >= 0.6 is 0 Å². The highest BCUT2D eigenvalue weighted by molar-refractivity contribution is 5.66. The molecule has 92 valence electrons. The van der Waals surface area contributed by atoms with Gasteiger partial charge in [-0.3, -0.25) is 0 Å². The molecule has 0 amide bonds. The average molecular weight is 250 g/mol. The maximum atomic E-state index is 9.04. The minimum Gasteiger partial charge on any atom is -0.497 e. The maximum Gasteiger partial charge on any atom is 0.153 e. The van der Waals surface area contributed by atoms with Gasteiger partial charge in [0.15, 0.2) is 5.57 Å². The van der Waals surface area contributed by atoms with Crippen molar-refractivity contribution in [3.05, 3.63) is 46.7 Å². The van der Waals surface area contributed by atoms with Crippen molar-refractivity contribution in [2.45, 2.75) is 0 Å². The molecule has 0 bridgehead atoms. The molecule has 0 unspecified atom stereocenters. The van der Waals surface area contributed by atoms with E-state index in [1.807, 2.05) is 6.07 Å². The summed E-state index contributed by atoms with van der Waals surface area (Å²) in [7, 11) is 1.53. The maximum absolute atomic E-state index is 9.04. The minimum absolute atomic E-state index is 0.0614. The Labute approximate surface area is 111 Å². The van der Waals surface area contributed by atoms with Crippen LogP contribution in [0.4, 0.5) is 0 Å². The van der Waals surface area contributed by atoms with E-state index in [0.717, 1.165) is 0 Å².